The average Bonchev–Trinajstić information content (AvgIpc) is 3.43. The smallest absolute Gasteiger partial charge is 0.276 e. The SMILES string of the molecule is CNS(=O)(=O)c1ccccc1-c1ccc(N2CC=C(NS(=O)(=O)CCc3ccc(Cl)s3)C2=O)nc1. The summed E-state index contributed by atoms with van der Waals surface area (Å²) in [5.41, 5.74) is 0.982. The molecule has 0 spiro atoms. The Hall–Kier alpha value is -2.77. The molecule has 9 nitrogen and oxygen atoms in total. The Kier molecular flexibility index (Phi) is 7.29. The number of pyridine rings is 1. The van der Waals surface area contributed by atoms with E-state index in [0.29, 0.717) is 21.3 Å². The van der Waals surface area contributed by atoms with E-state index in [-0.39, 0.29) is 29.3 Å². The molecule has 13 heteroatoms. The largest absolute Gasteiger partial charge is 0.287 e. The van der Waals surface area contributed by atoms with Crippen LogP contribution in [0.15, 0.2) is 71.4 Å². The van der Waals surface area contributed by atoms with Gasteiger partial charge < -0.3 is 0 Å². The molecule has 2 aromatic heterocycles. The van der Waals surface area contributed by atoms with Gasteiger partial charge in [0.15, 0.2) is 0 Å². The molecule has 35 heavy (non-hydrogen) atoms. The number of carbonyl (C=O) groups is 1. The summed E-state index contributed by atoms with van der Waals surface area (Å²) in [6.07, 6.45) is 3.25. The number of amides is 1. The molecule has 0 fully saturated rings. The molecule has 1 aliphatic heterocycles. The van der Waals surface area contributed by atoms with Gasteiger partial charge in [0.25, 0.3) is 5.91 Å². The molecule has 0 bridgehead atoms. The first-order valence-electron chi connectivity index (χ1n) is 10.4. The van der Waals surface area contributed by atoms with E-state index < -0.39 is 26.0 Å². The van der Waals surface area contributed by atoms with Gasteiger partial charge in [-0.1, -0.05) is 29.8 Å². The van der Waals surface area contributed by atoms with Crippen molar-refractivity contribution in [3.8, 4) is 11.1 Å². The van der Waals surface area contributed by atoms with Gasteiger partial charge in [-0.15, -0.1) is 11.3 Å². The Balaban J connectivity index is 1.45. The number of sulfonamides is 2. The first-order chi connectivity index (χ1) is 16.6. The topological polar surface area (TPSA) is 126 Å². The highest BCUT2D eigenvalue weighted by Gasteiger charge is 2.29. The number of aryl methyl sites for hydroxylation is 1. The fourth-order valence-electron chi connectivity index (χ4n) is 3.48. The van der Waals surface area contributed by atoms with Crippen molar-refractivity contribution in [2.75, 3.05) is 24.2 Å². The minimum atomic E-state index is -3.74. The first-order valence-corrected chi connectivity index (χ1v) is 14.7. The summed E-state index contributed by atoms with van der Waals surface area (Å²) in [5, 5.41) is 0. The van der Waals surface area contributed by atoms with Crippen molar-refractivity contribution in [1.82, 2.24) is 14.4 Å². The van der Waals surface area contributed by atoms with Crippen LogP contribution in [0.3, 0.4) is 0 Å². The second-order valence-electron chi connectivity index (χ2n) is 7.52. The van der Waals surface area contributed by atoms with E-state index in [1.807, 2.05) is 0 Å². The molecule has 1 aromatic carbocycles. The Bertz CT molecular complexity index is 1500. The van der Waals surface area contributed by atoms with Crippen LogP contribution in [0, 0.1) is 0 Å². The third kappa shape index (κ3) is 5.73. The molecule has 0 unspecified atom stereocenters. The van der Waals surface area contributed by atoms with Gasteiger partial charge >= 0.3 is 0 Å². The summed E-state index contributed by atoms with van der Waals surface area (Å²) >= 11 is 7.19. The lowest BCUT2D eigenvalue weighted by Crippen LogP contribution is -2.34. The summed E-state index contributed by atoms with van der Waals surface area (Å²) in [7, 11) is -6.08. The van der Waals surface area contributed by atoms with Crippen LogP contribution in [0.4, 0.5) is 5.82 Å². The normalized spacial score (nSPS) is 14.3. The predicted molar refractivity (Wildman–Crippen MR) is 136 cm³/mol. The number of anilines is 1. The maximum Gasteiger partial charge on any atom is 0.276 e. The van der Waals surface area contributed by atoms with Gasteiger partial charge in [0.2, 0.25) is 20.0 Å². The van der Waals surface area contributed by atoms with Crippen molar-refractivity contribution in [2.45, 2.75) is 11.3 Å². The van der Waals surface area contributed by atoms with Gasteiger partial charge in [0.1, 0.15) is 11.5 Å². The molecule has 0 atom stereocenters. The number of nitrogens with one attached hydrogen (secondary N) is 2. The molecule has 0 radical (unpaired) electrons. The molecule has 1 amide bonds. The molecule has 1 aliphatic rings. The van der Waals surface area contributed by atoms with Crippen molar-refractivity contribution in [2.24, 2.45) is 0 Å². The maximum atomic E-state index is 12.8. The van der Waals surface area contributed by atoms with Gasteiger partial charge in [-0.05, 0) is 49.9 Å². The van der Waals surface area contributed by atoms with Crippen LogP contribution in [0.5, 0.6) is 0 Å². The van der Waals surface area contributed by atoms with Crippen molar-refractivity contribution in [3.05, 3.63) is 75.7 Å². The van der Waals surface area contributed by atoms with E-state index in [2.05, 4.69) is 14.4 Å². The summed E-state index contributed by atoms with van der Waals surface area (Å²) in [6, 6.07) is 13.2. The van der Waals surface area contributed by atoms with Crippen LogP contribution in [0.25, 0.3) is 11.1 Å². The highest BCUT2D eigenvalue weighted by Crippen LogP contribution is 2.28. The number of nitrogens with zero attached hydrogens (tertiary/aromatic N) is 2. The van der Waals surface area contributed by atoms with Crippen molar-refractivity contribution < 1.29 is 21.6 Å². The summed E-state index contributed by atoms with van der Waals surface area (Å²) in [4.78, 5) is 19.4. The number of benzene rings is 1. The van der Waals surface area contributed by atoms with E-state index in [1.165, 1.54) is 41.6 Å². The van der Waals surface area contributed by atoms with Crippen LogP contribution >= 0.6 is 22.9 Å². The number of rotatable bonds is 9. The van der Waals surface area contributed by atoms with Crippen LogP contribution in [0.2, 0.25) is 4.34 Å². The lowest BCUT2D eigenvalue weighted by molar-refractivity contribution is -0.114. The fraction of sp³-hybridized carbons (Fsp3) is 0.182. The highest BCUT2D eigenvalue weighted by molar-refractivity contribution is 7.89. The number of carbonyl (C=O) groups excluding carboxylic acids is 1. The molecule has 0 saturated carbocycles. The van der Waals surface area contributed by atoms with Crippen LogP contribution in [-0.4, -0.2) is 47.1 Å². The van der Waals surface area contributed by atoms with Crippen molar-refractivity contribution in [1.29, 1.82) is 0 Å². The molecule has 3 aromatic rings. The highest BCUT2D eigenvalue weighted by atomic mass is 35.5. The molecule has 4 rings (SSSR count). The second-order valence-corrected chi connectivity index (χ2v) is 13.0. The number of halogens is 1. The monoisotopic (exact) mass is 552 g/mol. The maximum absolute atomic E-state index is 12.8. The zero-order valence-corrected chi connectivity index (χ0v) is 21.6. The minimum Gasteiger partial charge on any atom is -0.287 e. The third-order valence-electron chi connectivity index (χ3n) is 5.25. The first kappa shape index (κ1) is 25.3. The van der Waals surface area contributed by atoms with E-state index >= 15 is 0 Å². The Morgan fingerprint density at radius 2 is 1.86 bits per heavy atom. The number of hydrogen-bond donors (Lipinski definition) is 2. The average molecular weight is 553 g/mol. The molecule has 0 aliphatic carbocycles. The lowest BCUT2D eigenvalue weighted by atomic mass is 10.1. The lowest BCUT2D eigenvalue weighted by Gasteiger charge is -2.17. The van der Waals surface area contributed by atoms with E-state index in [4.69, 9.17) is 11.6 Å². The fourth-order valence-corrected chi connectivity index (χ4v) is 6.74. The summed E-state index contributed by atoms with van der Waals surface area (Å²) in [5.74, 6) is -0.395. The molecular weight excluding hydrogens is 532 g/mol. The second kappa shape index (κ2) is 10.1. The van der Waals surface area contributed by atoms with Gasteiger partial charge in [0.05, 0.1) is 15.0 Å². The zero-order valence-electron chi connectivity index (χ0n) is 18.4. The molecule has 184 valence electrons. The Morgan fingerprint density at radius 3 is 2.51 bits per heavy atom. The molecule has 3 heterocycles. The van der Waals surface area contributed by atoms with Gasteiger partial charge in [-0.25, -0.2) is 26.5 Å². The molecular formula is C22H21ClN4O5S3. The number of aromatic nitrogens is 1. The molecule has 2 N–H and O–H groups in total. The van der Waals surface area contributed by atoms with Crippen molar-refractivity contribution >= 4 is 54.7 Å². The van der Waals surface area contributed by atoms with Crippen molar-refractivity contribution in [3.63, 3.8) is 0 Å². The van der Waals surface area contributed by atoms with E-state index in [9.17, 15) is 21.6 Å². The molecule has 0 saturated heterocycles. The minimum absolute atomic E-state index is 0.0365. The number of thiophene rings is 1. The number of hydrogen-bond acceptors (Lipinski definition) is 7. The quantitative estimate of drug-likeness (QED) is 0.420. The third-order valence-corrected chi connectivity index (χ3v) is 9.28. The summed E-state index contributed by atoms with van der Waals surface area (Å²) < 4.78 is 54.9. The van der Waals surface area contributed by atoms with Gasteiger partial charge in [0, 0.05) is 28.7 Å². The van der Waals surface area contributed by atoms with Gasteiger partial charge in [-0.2, -0.15) is 0 Å². The summed E-state index contributed by atoms with van der Waals surface area (Å²) in [6.45, 7) is 0.147. The standard InChI is InChI=1S/C22H21ClN4O5S3/c1-24-35(31,32)19-5-3-2-4-17(19)15-6-9-21(25-14-15)27-12-10-18(22(27)28)26-34(29,30)13-11-16-7-8-20(23)33-16/h2-10,14,24,26H,11-13H2,1H3. The Labute approximate surface area is 212 Å². The predicted octanol–water partition coefficient (Wildman–Crippen LogP) is 2.76. The van der Waals surface area contributed by atoms with E-state index in [0.717, 1.165) is 4.88 Å². The van der Waals surface area contributed by atoms with E-state index in [1.54, 1.807) is 42.5 Å². The van der Waals surface area contributed by atoms with Crippen LogP contribution < -0.4 is 14.3 Å². The Morgan fingerprint density at radius 1 is 1.09 bits per heavy atom. The van der Waals surface area contributed by atoms with Crippen LogP contribution in [-0.2, 0) is 31.3 Å². The van der Waals surface area contributed by atoms with Crippen LogP contribution in [0.1, 0.15) is 4.88 Å². The zero-order chi connectivity index (χ0) is 25.2. The van der Waals surface area contributed by atoms with Gasteiger partial charge in [-0.3, -0.25) is 14.4 Å².